The van der Waals surface area contributed by atoms with E-state index in [2.05, 4.69) is 0 Å². The molecule has 0 aromatic rings. The molecule has 28 heavy (non-hydrogen) atoms. The van der Waals surface area contributed by atoms with Crippen LogP contribution in [0.15, 0.2) is 0 Å². The lowest BCUT2D eigenvalue weighted by Crippen LogP contribution is -2.51. The summed E-state index contributed by atoms with van der Waals surface area (Å²) in [6.07, 6.45) is -3.58. The Balaban J connectivity index is 1.52. The van der Waals surface area contributed by atoms with Crippen LogP contribution in [-0.4, -0.2) is 126 Å². The molecule has 3 rings (SSSR count). The molecular weight excluding hydrogens is 376 g/mol. The smallest absolute Gasteiger partial charge is 0.114 e. The van der Waals surface area contributed by atoms with Crippen molar-refractivity contribution in [3.63, 3.8) is 0 Å². The molecule has 0 saturated carbocycles. The minimum Gasteiger partial charge on any atom is -0.388 e. The van der Waals surface area contributed by atoms with E-state index in [1.165, 1.54) is 0 Å². The SMILES string of the molecule is COCCOCC(OCC1CO1)C(OCC1CO1)C(O)C(O)COCC1CO1. The highest BCUT2D eigenvalue weighted by Crippen LogP contribution is 2.20. The van der Waals surface area contributed by atoms with E-state index in [1.54, 1.807) is 7.11 Å². The van der Waals surface area contributed by atoms with Gasteiger partial charge in [0.2, 0.25) is 0 Å². The molecule has 7 unspecified atom stereocenters. The third-order valence-electron chi connectivity index (χ3n) is 4.58. The van der Waals surface area contributed by atoms with Crippen LogP contribution in [0.2, 0.25) is 0 Å². The molecule has 0 aromatic carbocycles. The van der Waals surface area contributed by atoms with Gasteiger partial charge in [0, 0.05) is 7.11 Å². The summed E-state index contributed by atoms with van der Waals surface area (Å²) in [7, 11) is 1.59. The lowest BCUT2D eigenvalue weighted by Gasteiger charge is -2.33. The van der Waals surface area contributed by atoms with Crippen LogP contribution in [0.5, 0.6) is 0 Å². The second-order valence-corrected chi connectivity index (χ2v) is 7.20. The Morgan fingerprint density at radius 3 is 2.04 bits per heavy atom. The topological polar surface area (TPSA) is 124 Å². The van der Waals surface area contributed by atoms with Crippen LogP contribution in [0.3, 0.4) is 0 Å². The Hall–Kier alpha value is -0.400. The molecule has 0 aromatic heterocycles. The molecule has 3 saturated heterocycles. The minimum absolute atomic E-state index is 0.0110. The first-order chi connectivity index (χ1) is 13.7. The average Bonchev–Trinajstić information content (AvgIpc) is 3.55. The summed E-state index contributed by atoms with van der Waals surface area (Å²) in [5.41, 5.74) is 0. The molecule has 0 radical (unpaired) electrons. The predicted molar refractivity (Wildman–Crippen MR) is 94.2 cm³/mol. The van der Waals surface area contributed by atoms with Crippen LogP contribution >= 0.6 is 0 Å². The molecule has 0 amide bonds. The molecule has 7 atom stereocenters. The number of rotatable bonds is 18. The fourth-order valence-corrected chi connectivity index (χ4v) is 2.59. The maximum Gasteiger partial charge on any atom is 0.114 e. The zero-order chi connectivity index (χ0) is 19.8. The molecule has 0 spiro atoms. The number of ether oxygens (including phenoxy) is 8. The quantitative estimate of drug-likeness (QED) is 0.201. The van der Waals surface area contributed by atoms with Crippen molar-refractivity contribution in [2.45, 2.75) is 42.7 Å². The van der Waals surface area contributed by atoms with E-state index in [4.69, 9.17) is 37.9 Å². The Bertz CT molecular complexity index is 427. The highest BCUT2D eigenvalue weighted by Gasteiger charge is 2.38. The molecule has 10 nitrogen and oxygen atoms in total. The highest BCUT2D eigenvalue weighted by atomic mass is 16.6. The first-order valence-electron chi connectivity index (χ1n) is 9.76. The van der Waals surface area contributed by atoms with Crippen molar-refractivity contribution in [1.29, 1.82) is 0 Å². The fraction of sp³-hybridized carbons (Fsp3) is 1.00. The van der Waals surface area contributed by atoms with Gasteiger partial charge >= 0.3 is 0 Å². The van der Waals surface area contributed by atoms with E-state index in [9.17, 15) is 10.2 Å². The molecule has 3 fully saturated rings. The van der Waals surface area contributed by atoms with Crippen molar-refractivity contribution >= 4 is 0 Å². The van der Waals surface area contributed by atoms with Crippen molar-refractivity contribution in [3.05, 3.63) is 0 Å². The zero-order valence-corrected chi connectivity index (χ0v) is 16.3. The highest BCUT2D eigenvalue weighted by molar-refractivity contribution is 4.86. The first kappa shape index (κ1) is 22.3. The van der Waals surface area contributed by atoms with Crippen LogP contribution in [-0.2, 0) is 37.9 Å². The molecule has 3 aliphatic heterocycles. The van der Waals surface area contributed by atoms with Crippen LogP contribution in [0.25, 0.3) is 0 Å². The second kappa shape index (κ2) is 11.7. The van der Waals surface area contributed by atoms with Crippen molar-refractivity contribution in [2.24, 2.45) is 0 Å². The molecular formula is C18H32O10. The monoisotopic (exact) mass is 408 g/mol. The van der Waals surface area contributed by atoms with Crippen LogP contribution < -0.4 is 0 Å². The number of hydrogen-bond acceptors (Lipinski definition) is 10. The third-order valence-corrected chi connectivity index (χ3v) is 4.58. The normalized spacial score (nSPS) is 29.9. The number of methoxy groups -OCH3 is 1. The second-order valence-electron chi connectivity index (χ2n) is 7.20. The Labute approximate surface area is 164 Å². The van der Waals surface area contributed by atoms with Crippen molar-refractivity contribution < 1.29 is 48.1 Å². The molecule has 10 heteroatoms. The fourth-order valence-electron chi connectivity index (χ4n) is 2.59. The van der Waals surface area contributed by atoms with Gasteiger partial charge in [-0.25, -0.2) is 0 Å². The molecule has 0 aliphatic carbocycles. The Morgan fingerprint density at radius 1 is 0.821 bits per heavy atom. The van der Waals surface area contributed by atoms with Crippen LogP contribution in [0.1, 0.15) is 0 Å². The molecule has 3 heterocycles. The summed E-state index contributed by atoms with van der Waals surface area (Å²) in [6.45, 7) is 4.02. The van der Waals surface area contributed by atoms with Crippen molar-refractivity contribution in [3.8, 4) is 0 Å². The maximum absolute atomic E-state index is 10.7. The lowest BCUT2D eigenvalue weighted by atomic mass is 10.0. The molecule has 164 valence electrons. The zero-order valence-electron chi connectivity index (χ0n) is 16.3. The largest absolute Gasteiger partial charge is 0.388 e. The van der Waals surface area contributed by atoms with E-state index in [-0.39, 0.29) is 31.5 Å². The van der Waals surface area contributed by atoms with Gasteiger partial charge in [-0.15, -0.1) is 0 Å². The first-order valence-corrected chi connectivity index (χ1v) is 9.76. The van der Waals surface area contributed by atoms with E-state index in [0.29, 0.717) is 52.9 Å². The van der Waals surface area contributed by atoms with E-state index < -0.39 is 24.4 Å². The summed E-state index contributed by atoms with van der Waals surface area (Å²) in [5.74, 6) is 0. The van der Waals surface area contributed by atoms with Gasteiger partial charge in [-0.2, -0.15) is 0 Å². The summed E-state index contributed by atoms with van der Waals surface area (Å²) in [5, 5.41) is 21.1. The van der Waals surface area contributed by atoms with Gasteiger partial charge in [0.15, 0.2) is 0 Å². The summed E-state index contributed by atoms with van der Waals surface area (Å²) in [4.78, 5) is 0. The van der Waals surface area contributed by atoms with Gasteiger partial charge in [-0.3, -0.25) is 0 Å². The summed E-state index contributed by atoms with van der Waals surface area (Å²) < 4.78 is 43.2. The van der Waals surface area contributed by atoms with Crippen LogP contribution in [0.4, 0.5) is 0 Å². The molecule has 0 bridgehead atoms. The molecule has 2 N–H and O–H groups in total. The van der Waals surface area contributed by atoms with E-state index in [0.717, 1.165) is 0 Å². The van der Waals surface area contributed by atoms with Gasteiger partial charge in [0.25, 0.3) is 0 Å². The van der Waals surface area contributed by atoms with E-state index in [1.807, 2.05) is 0 Å². The van der Waals surface area contributed by atoms with Crippen molar-refractivity contribution in [2.75, 3.05) is 73.2 Å². The van der Waals surface area contributed by atoms with Crippen LogP contribution in [0, 0.1) is 0 Å². The minimum atomic E-state index is -1.21. The van der Waals surface area contributed by atoms with Gasteiger partial charge < -0.3 is 48.1 Å². The Morgan fingerprint density at radius 2 is 1.43 bits per heavy atom. The third kappa shape index (κ3) is 8.54. The molecule has 3 aliphatic rings. The number of epoxide rings is 3. The number of aliphatic hydroxyl groups excluding tert-OH is 2. The summed E-state index contributed by atoms with van der Waals surface area (Å²) in [6, 6.07) is 0. The number of aliphatic hydroxyl groups is 2. The van der Waals surface area contributed by atoms with Gasteiger partial charge in [-0.1, -0.05) is 0 Å². The number of hydrogen-bond donors (Lipinski definition) is 2. The maximum atomic E-state index is 10.7. The van der Waals surface area contributed by atoms with Gasteiger partial charge in [-0.05, 0) is 0 Å². The Kier molecular flexibility index (Phi) is 9.31. The predicted octanol–water partition coefficient (Wildman–Crippen LogP) is -1.65. The van der Waals surface area contributed by atoms with Gasteiger partial charge in [0.05, 0.1) is 66.1 Å². The van der Waals surface area contributed by atoms with Crippen molar-refractivity contribution in [1.82, 2.24) is 0 Å². The summed E-state index contributed by atoms with van der Waals surface area (Å²) >= 11 is 0. The average molecular weight is 408 g/mol. The van der Waals surface area contributed by atoms with E-state index >= 15 is 0 Å². The lowest BCUT2D eigenvalue weighted by molar-refractivity contribution is -0.174. The standard InChI is InChI=1S/C18H32O10/c1-21-2-3-22-11-16(27-8-13-6-25-13)18(28-9-14-7-26-14)17(20)15(19)10-23-4-12-5-24-12/h12-20H,2-11H2,1H3. The van der Waals surface area contributed by atoms with Gasteiger partial charge in [0.1, 0.15) is 42.7 Å².